The van der Waals surface area contributed by atoms with Crippen LogP contribution >= 0.6 is 23.6 Å². The van der Waals surface area contributed by atoms with E-state index in [1.807, 2.05) is 13.8 Å². The van der Waals surface area contributed by atoms with Crippen LogP contribution in [0.5, 0.6) is 0 Å². The summed E-state index contributed by atoms with van der Waals surface area (Å²) in [5.41, 5.74) is 6.05. The van der Waals surface area contributed by atoms with Crippen molar-refractivity contribution in [1.29, 1.82) is 0 Å². The number of thiophene rings is 1. The smallest absolute Gasteiger partial charge is 0.263 e. The van der Waals surface area contributed by atoms with Crippen LogP contribution in [-0.2, 0) is 11.3 Å². The zero-order valence-electron chi connectivity index (χ0n) is 11.5. The fourth-order valence-corrected chi connectivity index (χ4v) is 3.53. The van der Waals surface area contributed by atoms with Crippen LogP contribution in [0.3, 0.4) is 0 Å². The van der Waals surface area contributed by atoms with E-state index in [0.717, 1.165) is 20.7 Å². The molecule has 0 unspecified atom stereocenters. The summed E-state index contributed by atoms with van der Waals surface area (Å²) in [4.78, 5) is 28.3. The van der Waals surface area contributed by atoms with Gasteiger partial charge in [0.05, 0.1) is 5.39 Å². The van der Waals surface area contributed by atoms with Gasteiger partial charge in [-0.2, -0.15) is 0 Å². The maximum Gasteiger partial charge on any atom is 0.263 e. The third-order valence-corrected chi connectivity index (χ3v) is 4.81. The number of hydrogen-bond donors (Lipinski definition) is 2. The van der Waals surface area contributed by atoms with E-state index in [4.69, 9.17) is 18.0 Å². The van der Waals surface area contributed by atoms with Crippen molar-refractivity contribution in [1.82, 2.24) is 9.55 Å². The number of unbranched alkanes of at least 4 members (excludes halogenated alkanes) is 1. The highest BCUT2D eigenvalue weighted by Crippen LogP contribution is 2.25. The SMILES string of the molecule is Cc1sc2[nH]c(=S)n(CCCCC(N)=O)c(=O)c2c1C. The second kappa shape index (κ2) is 5.88. The molecule has 0 aliphatic carbocycles. The second-order valence-electron chi connectivity index (χ2n) is 4.80. The monoisotopic (exact) mass is 311 g/mol. The number of aromatic nitrogens is 2. The van der Waals surface area contributed by atoms with E-state index in [-0.39, 0.29) is 11.5 Å². The quantitative estimate of drug-likeness (QED) is 0.657. The van der Waals surface area contributed by atoms with E-state index in [0.29, 0.717) is 30.6 Å². The number of hydrogen-bond acceptors (Lipinski definition) is 4. The van der Waals surface area contributed by atoms with Crippen LogP contribution in [0.25, 0.3) is 10.2 Å². The van der Waals surface area contributed by atoms with E-state index in [1.54, 1.807) is 15.9 Å². The predicted octanol–water partition coefficient (Wildman–Crippen LogP) is 2.39. The van der Waals surface area contributed by atoms with E-state index in [2.05, 4.69) is 4.98 Å². The zero-order chi connectivity index (χ0) is 14.9. The summed E-state index contributed by atoms with van der Waals surface area (Å²) >= 11 is 6.79. The number of primary amides is 1. The molecule has 20 heavy (non-hydrogen) atoms. The summed E-state index contributed by atoms with van der Waals surface area (Å²) in [5.74, 6) is -0.317. The third-order valence-electron chi connectivity index (χ3n) is 3.36. The summed E-state index contributed by atoms with van der Waals surface area (Å²) < 4.78 is 2.00. The molecule has 0 saturated heterocycles. The number of carbonyl (C=O) groups is 1. The molecule has 2 aromatic heterocycles. The van der Waals surface area contributed by atoms with Gasteiger partial charge in [0.2, 0.25) is 5.91 Å². The van der Waals surface area contributed by atoms with E-state index in [9.17, 15) is 9.59 Å². The number of amides is 1. The second-order valence-corrected chi connectivity index (χ2v) is 6.41. The van der Waals surface area contributed by atoms with Crippen molar-refractivity contribution in [3.63, 3.8) is 0 Å². The molecule has 0 aromatic carbocycles. The molecular weight excluding hydrogens is 294 g/mol. The van der Waals surface area contributed by atoms with Crippen molar-refractivity contribution in [3.05, 3.63) is 25.6 Å². The molecule has 0 saturated carbocycles. The van der Waals surface area contributed by atoms with Gasteiger partial charge < -0.3 is 10.7 Å². The highest BCUT2D eigenvalue weighted by molar-refractivity contribution is 7.71. The first-order chi connectivity index (χ1) is 9.41. The summed E-state index contributed by atoms with van der Waals surface area (Å²) in [5, 5.41) is 0.719. The van der Waals surface area contributed by atoms with Crippen molar-refractivity contribution in [2.24, 2.45) is 5.73 Å². The van der Waals surface area contributed by atoms with Crippen LogP contribution in [0.4, 0.5) is 0 Å². The number of nitrogens with two attached hydrogens (primary N) is 1. The lowest BCUT2D eigenvalue weighted by atomic mass is 10.2. The fraction of sp³-hybridized carbons (Fsp3) is 0.462. The van der Waals surface area contributed by atoms with Crippen molar-refractivity contribution in [3.8, 4) is 0 Å². The number of H-pyrrole nitrogens is 1. The molecule has 1 amide bonds. The van der Waals surface area contributed by atoms with Crippen molar-refractivity contribution < 1.29 is 4.79 Å². The normalized spacial score (nSPS) is 11.1. The van der Waals surface area contributed by atoms with Crippen LogP contribution in [-0.4, -0.2) is 15.5 Å². The molecule has 3 N–H and O–H groups in total. The Morgan fingerprint density at radius 3 is 2.75 bits per heavy atom. The summed E-state index contributed by atoms with van der Waals surface area (Å²) in [6.45, 7) is 4.45. The molecule has 0 atom stereocenters. The Kier molecular flexibility index (Phi) is 4.39. The molecular formula is C13H17N3O2S2. The molecule has 0 aliphatic rings. The largest absolute Gasteiger partial charge is 0.370 e. The highest BCUT2D eigenvalue weighted by Gasteiger charge is 2.12. The van der Waals surface area contributed by atoms with Crippen molar-refractivity contribution >= 4 is 39.7 Å². The number of aromatic amines is 1. The lowest BCUT2D eigenvalue weighted by molar-refractivity contribution is -0.118. The first kappa shape index (κ1) is 14.9. The molecule has 0 aliphatic heterocycles. The van der Waals surface area contributed by atoms with Gasteiger partial charge in [0.15, 0.2) is 4.77 Å². The maximum atomic E-state index is 12.5. The molecule has 0 spiro atoms. The highest BCUT2D eigenvalue weighted by atomic mass is 32.1. The fourth-order valence-electron chi connectivity index (χ4n) is 2.14. The van der Waals surface area contributed by atoms with Gasteiger partial charge in [-0.25, -0.2) is 0 Å². The minimum atomic E-state index is -0.317. The summed E-state index contributed by atoms with van der Waals surface area (Å²) in [6.07, 6.45) is 1.70. The van der Waals surface area contributed by atoms with Crippen molar-refractivity contribution in [2.45, 2.75) is 39.7 Å². The van der Waals surface area contributed by atoms with Gasteiger partial charge in [-0.15, -0.1) is 11.3 Å². The number of nitrogens with zero attached hydrogens (tertiary/aromatic N) is 1. The van der Waals surface area contributed by atoms with Gasteiger partial charge in [0.25, 0.3) is 5.56 Å². The van der Waals surface area contributed by atoms with E-state index in [1.165, 1.54) is 0 Å². The number of rotatable bonds is 5. The third kappa shape index (κ3) is 2.83. The van der Waals surface area contributed by atoms with Gasteiger partial charge in [0.1, 0.15) is 4.83 Å². The number of fused-ring (bicyclic) bond motifs is 1. The van der Waals surface area contributed by atoms with Gasteiger partial charge in [-0.05, 0) is 44.5 Å². The Bertz CT molecular complexity index is 770. The Morgan fingerprint density at radius 2 is 2.10 bits per heavy atom. The molecule has 0 radical (unpaired) electrons. The first-order valence-corrected chi connectivity index (χ1v) is 7.65. The van der Waals surface area contributed by atoms with Crippen LogP contribution < -0.4 is 11.3 Å². The molecule has 2 heterocycles. The number of aryl methyl sites for hydroxylation is 2. The maximum absolute atomic E-state index is 12.5. The Labute approximate surface area is 125 Å². The van der Waals surface area contributed by atoms with Gasteiger partial charge >= 0.3 is 0 Å². The predicted molar refractivity (Wildman–Crippen MR) is 83.8 cm³/mol. The first-order valence-electron chi connectivity index (χ1n) is 6.43. The molecule has 2 aromatic rings. The van der Waals surface area contributed by atoms with Crippen LogP contribution in [0.2, 0.25) is 0 Å². The number of carbonyl (C=O) groups excluding carboxylic acids is 1. The lowest BCUT2D eigenvalue weighted by Crippen LogP contribution is -2.22. The molecule has 0 fully saturated rings. The topological polar surface area (TPSA) is 80.9 Å². The standard InChI is InChI=1S/C13H17N3O2S2/c1-7-8(2)20-11-10(7)12(18)16(13(19)15-11)6-4-3-5-9(14)17/h3-6H2,1-2H3,(H2,14,17)(H,15,19). The zero-order valence-corrected chi connectivity index (χ0v) is 13.1. The molecule has 0 bridgehead atoms. The average molecular weight is 311 g/mol. The van der Waals surface area contributed by atoms with Crippen LogP contribution in [0, 0.1) is 18.6 Å². The minimum Gasteiger partial charge on any atom is -0.370 e. The van der Waals surface area contributed by atoms with Gasteiger partial charge in [0, 0.05) is 17.8 Å². The molecule has 108 valence electrons. The Balaban J connectivity index is 2.34. The molecule has 7 heteroatoms. The van der Waals surface area contributed by atoms with Crippen LogP contribution in [0.1, 0.15) is 29.7 Å². The Morgan fingerprint density at radius 1 is 1.40 bits per heavy atom. The molecule has 2 rings (SSSR count). The average Bonchev–Trinajstić information content (AvgIpc) is 2.63. The minimum absolute atomic E-state index is 0.0512. The number of nitrogens with one attached hydrogen (secondary N) is 1. The van der Waals surface area contributed by atoms with Crippen LogP contribution in [0.15, 0.2) is 4.79 Å². The van der Waals surface area contributed by atoms with E-state index >= 15 is 0 Å². The summed E-state index contributed by atoms with van der Waals surface area (Å²) in [7, 11) is 0. The lowest BCUT2D eigenvalue weighted by Gasteiger charge is -2.06. The van der Waals surface area contributed by atoms with E-state index < -0.39 is 0 Å². The Hall–Kier alpha value is -1.47. The van der Waals surface area contributed by atoms with Gasteiger partial charge in [-0.1, -0.05) is 0 Å². The van der Waals surface area contributed by atoms with Gasteiger partial charge in [-0.3, -0.25) is 14.2 Å². The van der Waals surface area contributed by atoms with Crippen molar-refractivity contribution in [2.75, 3.05) is 0 Å². The molecule has 5 nitrogen and oxygen atoms in total. The summed E-state index contributed by atoms with van der Waals surface area (Å²) in [6, 6.07) is 0.